The van der Waals surface area contributed by atoms with Crippen molar-refractivity contribution < 1.29 is 19.8 Å². The predicted octanol–water partition coefficient (Wildman–Crippen LogP) is 3.42. The average molecular weight is 330 g/mol. The van der Waals surface area contributed by atoms with Crippen LogP contribution in [0.2, 0.25) is 0 Å². The standard InChI is InChI=1S/C20H26O4/c1-11-12(6-9-21)16(23)17(24)15-13(11)10-14(22)18-19(2,3)7-5-8-20(15,18)4/h10,18,21,24H,5-9H2,1-4H3/t18-,20+/m1/s1. The summed E-state index contributed by atoms with van der Waals surface area (Å²) in [6, 6.07) is 0. The molecule has 0 aromatic rings. The van der Waals surface area contributed by atoms with Gasteiger partial charge in [0.05, 0.1) is 0 Å². The Bertz CT molecular complexity index is 720. The van der Waals surface area contributed by atoms with E-state index in [0.29, 0.717) is 16.7 Å². The van der Waals surface area contributed by atoms with Gasteiger partial charge in [0.2, 0.25) is 5.78 Å². The number of hydrogen-bond acceptors (Lipinski definition) is 4. The Balaban J connectivity index is 2.26. The molecule has 0 heterocycles. The summed E-state index contributed by atoms with van der Waals surface area (Å²) in [7, 11) is 0. The van der Waals surface area contributed by atoms with Gasteiger partial charge in [-0.3, -0.25) is 9.59 Å². The van der Waals surface area contributed by atoms with Crippen molar-refractivity contribution in [1.82, 2.24) is 0 Å². The maximum Gasteiger partial charge on any atom is 0.223 e. The zero-order chi connectivity index (χ0) is 17.9. The lowest BCUT2D eigenvalue weighted by Crippen LogP contribution is -2.50. The quantitative estimate of drug-likeness (QED) is 0.813. The van der Waals surface area contributed by atoms with Gasteiger partial charge < -0.3 is 10.2 Å². The third-order valence-corrected chi connectivity index (χ3v) is 6.29. The van der Waals surface area contributed by atoms with Crippen LogP contribution in [-0.2, 0) is 9.59 Å². The maximum absolute atomic E-state index is 13.0. The molecule has 3 rings (SSSR count). The molecule has 4 heteroatoms. The molecule has 2 N–H and O–H groups in total. The highest BCUT2D eigenvalue weighted by Crippen LogP contribution is 2.60. The number of carbonyl (C=O) groups is 2. The molecule has 0 radical (unpaired) electrons. The first-order valence-corrected chi connectivity index (χ1v) is 8.70. The van der Waals surface area contributed by atoms with Gasteiger partial charge in [-0.15, -0.1) is 0 Å². The number of Topliss-reactive ketones (excluding diaryl/α,β-unsaturated/α-hetero) is 1. The van der Waals surface area contributed by atoms with Crippen LogP contribution in [0.3, 0.4) is 0 Å². The molecule has 0 aromatic carbocycles. The second kappa shape index (κ2) is 5.41. The second-order valence-corrected chi connectivity index (χ2v) is 8.28. The molecule has 0 spiro atoms. The summed E-state index contributed by atoms with van der Waals surface area (Å²) in [5.41, 5.74) is 1.79. The van der Waals surface area contributed by atoms with E-state index in [2.05, 4.69) is 13.8 Å². The lowest BCUT2D eigenvalue weighted by atomic mass is 9.49. The normalized spacial score (nSPS) is 32.5. The zero-order valence-corrected chi connectivity index (χ0v) is 14.9. The largest absolute Gasteiger partial charge is 0.504 e. The Morgan fingerprint density at radius 2 is 1.88 bits per heavy atom. The zero-order valence-electron chi connectivity index (χ0n) is 14.9. The van der Waals surface area contributed by atoms with Gasteiger partial charge in [0.25, 0.3) is 0 Å². The molecule has 0 unspecified atom stereocenters. The first kappa shape index (κ1) is 17.2. The number of rotatable bonds is 2. The van der Waals surface area contributed by atoms with Gasteiger partial charge in [0.1, 0.15) is 0 Å². The fraction of sp³-hybridized carbons (Fsp3) is 0.600. The lowest BCUT2D eigenvalue weighted by Gasteiger charge is -2.53. The van der Waals surface area contributed by atoms with E-state index in [4.69, 9.17) is 0 Å². The first-order valence-electron chi connectivity index (χ1n) is 8.70. The van der Waals surface area contributed by atoms with Crippen molar-refractivity contribution in [3.05, 3.63) is 34.1 Å². The molecule has 0 amide bonds. The van der Waals surface area contributed by atoms with Crippen LogP contribution >= 0.6 is 0 Å². The molecular formula is C20H26O4. The Labute approximate surface area is 142 Å². The highest BCUT2D eigenvalue weighted by molar-refractivity contribution is 6.12. The molecule has 24 heavy (non-hydrogen) atoms. The van der Waals surface area contributed by atoms with E-state index in [-0.39, 0.29) is 35.9 Å². The van der Waals surface area contributed by atoms with Crippen LogP contribution in [-0.4, -0.2) is 28.4 Å². The van der Waals surface area contributed by atoms with Crippen molar-refractivity contribution in [1.29, 1.82) is 0 Å². The van der Waals surface area contributed by atoms with Crippen molar-refractivity contribution >= 4 is 11.6 Å². The average Bonchev–Trinajstić information content (AvgIpc) is 2.47. The molecule has 0 bridgehead atoms. The highest BCUT2D eigenvalue weighted by atomic mass is 16.3. The van der Waals surface area contributed by atoms with E-state index in [0.717, 1.165) is 24.8 Å². The van der Waals surface area contributed by atoms with Crippen LogP contribution < -0.4 is 0 Å². The molecule has 3 aliphatic rings. The van der Waals surface area contributed by atoms with E-state index < -0.39 is 11.2 Å². The number of aliphatic hydroxyl groups excluding tert-OH is 2. The highest BCUT2D eigenvalue weighted by Gasteiger charge is 2.56. The van der Waals surface area contributed by atoms with Crippen molar-refractivity contribution in [3.63, 3.8) is 0 Å². The first-order chi connectivity index (χ1) is 11.1. The molecule has 1 saturated carbocycles. The fourth-order valence-electron chi connectivity index (χ4n) is 5.33. The van der Waals surface area contributed by atoms with Crippen LogP contribution in [0, 0.1) is 16.7 Å². The smallest absolute Gasteiger partial charge is 0.223 e. The monoisotopic (exact) mass is 330 g/mol. The summed E-state index contributed by atoms with van der Waals surface area (Å²) < 4.78 is 0. The third-order valence-electron chi connectivity index (χ3n) is 6.29. The van der Waals surface area contributed by atoms with Crippen LogP contribution in [0.15, 0.2) is 34.1 Å². The Morgan fingerprint density at radius 3 is 2.50 bits per heavy atom. The summed E-state index contributed by atoms with van der Waals surface area (Å²) in [5.74, 6) is -0.759. The van der Waals surface area contributed by atoms with Crippen LogP contribution in [0.1, 0.15) is 53.4 Å². The van der Waals surface area contributed by atoms with Gasteiger partial charge >= 0.3 is 0 Å². The summed E-state index contributed by atoms with van der Waals surface area (Å²) in [6.45, 7) is 7.88. The number of aliphatic hydroxyl groups is 2. The summed E-state index contributed by atoms with van der Waals surface area (Å²) in [4.78, 5) is 25.6. The summed E-state index contributed by atoms with van der Waals surface area (Å²) >= 11 is 0. The fourth-order valence-corrected chi connectivity index (χ4v) is 5.33. The van der Waals surface area contributed by atoms with Gasteiger partial charge in [-0.25, -0.2) is 0 Å². The van der Waals surface area contributed by atoms with Gasteiger partial charge in [0, 0.05) is 29.1 Å². The minimum absolute atomic E-state index is 0.0887. The molecule has 0 aliphatic heterocycles. The number of ketones is 2. The van der Waals surface area contributed by atoms with E-state index in [9.17, 15) is 19.8 Å². The maximum atomic E-state index is 13.0. The van der Waals surface area contributed by atoms with Gasteiger partial charge in [-0.1, -0.05) is 27.2 Å². The number of hydrogen-bond donors (Lipinski definition) is 2. The van der Waals surface area contributed by atoms with Crippen LogP contribution in [0.25, 0.3) is 0 Å². The molecule has 130 valence electrons. The van der Waals surface area contributed by atoms with Crippen LogP contribution in [0.5, 0.6) is 0 Å². The minimum atomic E-state index is -0.519. The molecule has 1 fully saturated rings. The van der Waals surface area contributed by atoms with Crippen molar-refractivity contribution in [3.8, 4) is 0 Å². The number of allylic oxidation sites excluding steroid dienone is 5. The Morgan fingerprint density at radius 1 is 1.21 bits per heavy atom. The van der Waals surface area contributed by atoms with E-state index >= 15 is 0 Å². The SMILES string of the molecule is CC1=C(CCO)C(=O)C(O)=C2C1=CC(=O)[C@@H]1C(C)(C)CCC[C@@]21C. The number of fused-ring (bicyclic) bond motifs is 3. The number of carbonyl (C=O) groups excluding carboxylic acids is 2. The third kappa shape index (κ3) is 2.16. The van der Waals surface area contributed by atoms with Crippen molar-refractivity contribution in [2.75, 3.05) is 6.61 Å². The molecule has 0 aromatic heterocycles. The Hall–Kier alpha value is -1.68. The van der Waals surface area contributed by atoms with Crippen LogP contribution in [0.4, 0.5) is 0 Å². The van der Waals surface area contributed by atoms with E-state index in [1.54, 1.807) is 6.08 Å². The van der Waals surface area contributed by atoms with E-state index in [1.165, 1.54) is 0 Å². The van der Waals surface area contributed by atoms with Gasteiger partial charge in [-0.05, 0) is 48.8 Å². The minimum Gasteiger partial charge on any atom is -0.504 e. The predicted molar refractivity (Wildman–Crippen MR) is 91.4 cm³/mol. The molecule has 3 aliphatic carbocycles. The summed E-state index contributed by atoms with van der Waals surface area (Å²) in [5, 5.41) is 19.9. The summed E-state index contributed by atoms with van der Waals surface area (Å²) in [6.07, 6.45) is 4.54. The molecule has 2 atom stereocenters. The molecule has 0 saturated heterocycles. The lowest BCUT2D eigenvalue weighted by molar-refractivity contribution is -0.130. The Kier molecular flexibility index (Phi) is 3.87. The second-order valence-electron chi connectivity index (χ2n) is 8.28. The van der Waals surface area contributed by atoms with Gasteiger partial charge in [-0.2, -0.15) is 0 Å². The van der Waals surface area contributed by atoms with E-state index in [1.807, 2.05) is 13.8 Å². The van der Waals surface area contributed by atoms with Crippen molar-refractivity contribution in [2.24, 2.45) is 16.7 Å². The topological polar surface area (TPSA) is 74.6 Å². The van der Waals surface area contributed by atoms with Crippen molar-refractivity contribution in [2.45, 2.75) is 53.4 Å². The molecular weight excluding hydrogens is 304 g/mol. The molecule has 4 nitrogen and oxygen atoms in total. The van der Waals surface area contributed by atoms with Gasteiger partial charge in [0.15, 0.2) is 11.5 Å².